The molecule has 0 heterocycles. The third-order valence-corrected chi connectivity index (χ3v) is 11.4. The van der Waals surface area contributed by atoms with E-state index in [-0.39, 0.29) is 31.1 Å². The van der Waals surface area contributed by atoms with Crippen molar-refractivity contribution in [1.29, 1.82) is 0 Å². The van der Waals surface area contributed by atoms with E-state index in [1.807, 2.05) is 0 Å². The van der Waals surface area contributed by atoms with Gasteiger partial charge in [0, 0.05) is 19.3 Å². The molecule has 0 aliphatic carbocycles. The first-order valence-corrected chi connectivity index (χ1v) is 27.1. The highest BCUT2D eigenvalue weighted by molar-refractivity contribution is 5.71. The minimum atomic E-state index is -0.795. The van der Waals surface area contributed by atoms with Crippen molar-refractivity contribution < 1.29 is 28.6 Å². The molecule has 0 amide bonds. The summed E-state index contributed by atoms with van der Waals surface area (Å²) in [6, 6.07) is 0. The summed E-state index contributed by atoms with van der Waals surface area (Å²) in [5.41, 5.74) is 0. The second kappa shape index (κ2) is 53.2. The molecule has 0 saturated heterocycles. The second-order valence-corrected chi connectivity index (χ2v) is 17.8. The molecule has 1 unspecified atom stereocenters. The highest BCUT2D eigenvalue weighted by atomic mass is 16.6. The van der Waals surface area contributed by atoms with E-state index in [4.69, 9.17) is 14.2 Å². The van der Waals surface area contributed by atoms with E-state index in [1.54, 1.807) is 0 Å². The van der Waals surface area contributed by atoms with Crippen LogP contribution >= 0.6 is 0 Å². The fraction of sp³-hybridized carbons (Fsp3) is 0.712. The summed E-state index contributed by atoms with van der Waals surface area (Å²) in [4.78, 5) is 38.0. The number of rotatable bonds is 48. The molecule has 0 aromatic carbocycles. The zero-order valence-electron chi connectivity index (χ0n) is 42.5. The molecule has 0 aliphatic rings. The topological polar surface area (TPSA) is 78.9 Å². The van der Waals surface area contributed by atoms with Gasteiger partial charge < -0.3 is 14.2 Å². The normalized spacial score (nSPS) is 12.7. The summed E-state index contributed by atoms with van der Waals surface area (Å²) in [6.45, 7) is 6.43. The minimum Gasteiger partial charge on any atom is -0.462 e. The van der Waals surface area contributed by atoms with Crippen LogP contribution in [0.25, 0.3) is 0 Å². The molecule has 6 heteroatoms. The summed E-state index contributed by atoms with van der Waals surface area (Å²) in [6.07, 6.45) is 68.5. The predicted octanol–water partition coefficient (Wildman–Crippen LogP) is 18.0. The van der Waals surface area contributed by atoms with Gasteiger partial charge in [0.15, 0.2) is 6.10 Å². The summed E-state index contributed by atoms with van der Waals surface area (Å²) >= 11 is 0. The van der Waals surface area contributed by atoms with Gasteiger partial charge in [0.25, 0.3) is 0 Å². The lowest BCUT2D eigenvalue weighted by Gasteiger charge is -2.18. The first kappa shape index (κ1) is 61.6. The number of allylic oxidation sites excluding steroid dienone is 14. The lowest BCUT2D eigenvalue weighted by Crippen LogP contribution is -2.30. The van der Waals surface area contributed by atoms with Crippen molar-refractivity contribution in [2.75, 3.05) is 13.2 Å². The SMILES string of the molecule is CC/C=C\C/C=C\C/C=C\C/C=C\CCCCCCCCC(=O)OCC(COC(=O)CCCCC/C=C\C=C/CCCC)OC(=O)CCCCCCCCC/C=C\CCCCCCCC. The molecule has 372 valence electrons. The van der Waals surface area contributed by atoms with Crippen LogP contribution in [-0.2, 0) is 28.6 Å². The van der Waals surface area contributed by atoms with Gasteiger partial charge in [-0.3, -0.25) is 14.4 Å². The Balaban J connectivity index is 4.40. The molecule has 0 radical (unpaired) electrons. The number of carbonyl (C=O) groups excluding carboxylic acids is 3. The fourth-order valence-electron chi connectivity index (χ4n) is 7.29. The largest absolute Gasteiger partial charge is 0.462 e. The van der Waals surface area contributed by atoms with Crippen LogP contribution < -0.4 is 0 Å². The Morgan fingerprint density at radius 2 is 0.662 bits per heavy atom. The molecule has 0 saturated carbocycles. The van der Waals surface area contributed by atoms with Gasteiger partial charge in [0.2, 0.25) is 0 Å². The van der Waals surface area contributed by atoms with Crippen molar-refractivity contribution in [3.63, 3.8) is 0 Å². The van der Waals surface area contributed by atoms with Crippen molar-refractivity contribution in [3.05, 3.63) is 85.1 Å². The van der Waals surface area contributed by atoms with Gasteiger partial charge in [-0.25, -0.2) is 0 Å². The fourth-order valence-corrected chi connectivity index (χ4v) is 7.29. The first-order chi connectivity index (χ1) is 32.0. The number of hydrogen-bond donors (Lipinski definition) is 0. The maximum absolute atomic E-state index is 12.8. The zero-order chi connectivity index (χ0) is 47.2. The lowest BCUT2D eigenvalue weighted by atomic mass is 10.1. The van der Waals surface area contributed by atoms with Gasteiger partial charge in [-0.1, -0.05) is 215 Å². The maximum Gasteiger partial charge on any atom is 0.306 e. The summed E-state index contributed by atoms with van der Waals surface area (Å²) in [5, 5.41) is 0. The average molecular weight is 905 g/mol. The Bertz CT molecular complexity index is 1270. The van der Waals surface area contributed by atoms with E-state index in [2.05, 4.69) is 106 Å². The zero-order valence-corrected chi connectivity index (χ0v) is 42.5. The predicted molar refractivity (Wildman–Crippen MR) is 279 cm³/mol. The van der Waals surface area contributed by atoms with Crippen LogP contribution in [0.15, 0.2) is 85.1 Å². The van der Waals surface area contributed by atoms with E-state index in [0.717, 1.165) is 109 Å². The molecule has 0 spiro atoms. The van der Waals surface area contributed by atoms with Crippen molar-refractivity contribution in [3.8, 4) is 0 Å². The number of esters is 3. The van der Waals surface area contributed by atoms with Crippen molar-refractivity contribution in [2.45, 2.75) is 258 Å². The van der Waals surface area contributed by atoms with Crippen LogP contribution in [0.5, 0.6) is 0 Å². The van der Waals surface area contributed by atoms with Crippen molar-refractivity contribution >= 4 is 17.9 Å². The summed E-state index contributed by atoms with van der Waals surface area (Å²) in [7, 11) is 0. The van der Waals surface area contributed by atoms with Gasteiger partial charge in [-0.15, -0.1) is 0 Å². The Hall–Kier alpha value is -3.41. The number of hydrogen-bond acceptors (Lipinski definition) is 6. The molecule has 0 N–H and O–H groups in total. The molecule has 1 atom stereocenters. The van der Waals surface area contributed by atoms with Crippen LogP contribution in [-0.4, -0.2) is 37.2 Å². The van der Waals surface area contributed by atoms with E-state index in [9.17, 15) is 14.4 Å². The Morgan fingerprint density at radius 1 is 0.338 bits per heavy atom. The van der Waals surface area contributed by atoms with Crippen molar-refractivity contribution in [1.82, 2.24) is 0 Å². The standard InChI is InChI=1S/C59H100O6/c1-4-7-10-13-16-19-22-24-26-28-29-31-32-34-37-40-43-46-49-52-58(61)64-55-56(54-63-57(60)51-48-45-42-39-36-21-18-15-12-9-6-3)65-59(62)53-50-47-44-41-38-35-33-30-27-25-23-20-17-14-11-8-5-2/h7,10,15-16,18-19,21,24-27,29,31,36,56H,4-6,8-9,11-14,17,20,22-23,28,30,32-35,37-55H2,1-3H3/b10-7-,18-15-,19-16-,26-24-,27-25-,31-29-,36-21-. The van der Waals surface area contributed by atoms with Gasteiger partial charge in [-0.05, 0) is 103 Å². The van der Waals surface area contributed by atoms with Crippen LogP contribution in [0, 0.1) is 0 Å². The monoisotopic (exact) mass is 905 g/mol. The average Bonchev–Trinajstić information content (AvgIpc) is 3.30. The molecule has 0 aromatic rings. The maximum atomic E-state index is 12.8. The smallest absolute Gasteiger partial charge is 0.306 e. The third kappa shape index (κ3) is 51.4. The quantitative estimate of drug-likeness (QED) is 0.0199. The molecule has 6 nitrogen and oxygen atoms in total. The van der Waals surface area contributed by atoms with E-state index in [1.165, 1.54) is 103 Å². The molecule has 0 aromatic heterocycles. The Morgan fingerprint density at radius 3 is 1.11 bits per heavy atom. The number of ether oxygens (including phenoxy) is 3. The highest BCUT2D eigenvalue weighted by Crippen LogP contribution is 2.14. The summed E-state index contributed by atoms with van der Waals surface area (Å²) < 4.78 is 16.8. The number of carbonyl (C=O) groups is 3. The van der Waals surface area contributed by atoms with Crippen LogP contribution in [0.3, 0.4) is 0 Å². The first-order valence-electron chi connectivity index (χ1n) is 27.1. The van der Waals surface area contributed by atoms with Gasteiger partial charge >= 0.3 is 17.9 Å². The van der Waals surface area contributed by atoms with E-state index >= 15 is 0 Å². The van der Waals surface area contributed by atoms with Crippen LogP contribution in [0.4, 0.5) is 0 Å². The van der Waals surface area contributed by atoms with Crippen LogP contribution in [0.1, 0.15) is 252 Å². The summed E-state index contributed by atoms with van der Waals surface area (Å²) in [5.74, 6) is -0.939. The molecule has 0 aliphatic heterocycles. The molecular formula is C59H100O6. The van der Waals surface area contributed by atoms with Crippen molar-refractivity contribution in [2.24, 2.45) is 0 Å². The molecule has 0 bridgehead atoms. The van der Waals surface area contributed by atoms with Gasteiger partial charge in [-0.2, -0.15) is 0 Å². The Labute approximate surface area is 401 Å². The van der Waals surface area contributed by atoms with Gasteiger partial charge in [0.1, 0.15) is 13.2 Å². The van der Waals surface area contributed by atoms with Gasteiger partial charge in [0.05, 0.1) is 0 Å². The van der Waals surface area contributed by atoms with E-state index < -0.39 is 6.10 Å². The minimum absolute atomic E-state index is 0.0946. The molecular weight excluding hydrogens is 805 g/mol. The third-order valence-electron chi connectivity index (χ3n) is 11.4. The lowest BCUT2D eigenvalue weighted by molar-refractivity contribution is -0.167. The van der Waals surface area contributed by atoms with Crippen LogP contribution in [0.2, 0.25) is 0 Å². The molecule has 0 fully saturated rings. The van der Waals surface area contributed by atoms with E-state index in [0.29, 0.717) is 19.3 Å². The molecule has 65 heavy (non-hydrogen) atoms. The molecule has 0 rings (SSSR count). The number of unbranched alkanes of at least 4 members (excludes halogenated alkanes) is 24. The second-order valence-electron chi connectivity index (χ2n) is 17.8. The Kier molecular flexibility index (Phi) is 50.4. The highest BCUT2D eigenvalue weighted by Gasteiger charge is 2.19.